The number of hydrogen-bond acceptors (Lipinski definition) is 1. The maximum absolute atomic E-state index is 13.6. The molecule has 0 amide bonds. The Morgan fingerprint density at radius 3 is 1.50 bits per heavy atom. The highest BCUT2D eigenvalue weighted by Crippen LogP contribution is 2.44. The summed E-state index contributed by atoms with van der Waals surface area (Å²) in [5.41, 5.74) is 0.939. The lowest BCUT2D eigenvalue weighted by molar-refractivity contribution is 0.588. The third-order valence-corrected chi connectivity index (χ3v) is 5.82. The molecular weight excluding hydrogens is 289 g/mol. The Bertz CT molecular complexity index is 755. The van der Waals surface area contributed by atoms with Gasteiger partial charge in [-0.1, -0.05) is 66.7 Å². The maximum Gasteiger partial charge on any atom is 0.247 e. The summed E-state index contributed by atoms with van der Waals surface area (Å²) >= 11 is 0. The normalized spacial score (nSPS) is 11.6. The third-order valence-electron chi connectivity index (χ3n) is 3.38. The lowest BCUT2D eigenvalue weighted by Gasteiger charge is -2.14. The molecular formula is C19H16NOP. The van der Waals surface area contributed by atoms with E-state index in [-0.39, 0.29) is 0 Å². The fourth-order valence-electron chi connectivity index (χ4n) is 2.23. The predicted molar refractivity (Wildman–Crippen MR) is 93.8 cm³/mol. The van der Waals surface area contributed by atoms with Crippen molar-refractivity contribution in [3.8, 4) is 0 Å². The molecule has 0 N–H and O–H groups in total. The Morgan fingerprint density at radius 1 is 0.636 bits per heavy atom. The summed E-state index contributed by atoms with van der Waals surface area (Å²) in [4.78, 5) is 0. The van der Waals surface area contributed by atoms with Crippen molar-refractivity contribution in [2.24, 2.45) is 4.76 Å². The van der Waals surface area contributed by atoms with Crippen LogP contribution in [-0.2, 0) is 4.57 Å². The van der Waals surface area contributed by atoms with E-state index >= 15 is 0 Å². The SMILES string of the molecule is O=P(N=Cc1ccccc1)(c1ccccc1)c1ccccc1. The minimum atomic E-state index is -3.02. The van der Waals surface area contributed by atoms with Crippen LogP contribution in [0, 0.1) is 0 Å². The number of rotatable bonds is 4. The van der Waals surface area contributed by atoms with Crippen LogP contribution in [0.25, 0.3) is 0 Å². The van der Waals surface area contributed by atoms with Crippen LogP contribution in [0.5, 0.6) is 0 Å². The van der Waals surface area contributed by atoms with E-state index < -0.39 is 7.29 Å². The Balaban J connectivity index is 2.09. The van der Waals surface area contributed by atoms with Gasteiger partial charge in [0.1, 0.15) is 0 Å². The van der Waals surface area contributed by atoms with Crippen LogP contribution >= 0.6 is 7.29 Å². The fraction of sp³-hybridized carbons (Fsp3) is 0. The molecule has 108 valence electrons. The summed E-state index contributed by atoms with van der Waals surface area (Å²) in [5, 5.41) is 1.49. The third kappa shape index (κ3) is 3.08. The Morgan fingerprint density at radius 2 is 1.05 bits per heavy atom. The molecule has 0 saturated carbocycles. The van der Waals surface area contributed by atoms with Gasteiger partial charge in [0, 0.05) is 16.8 Å². The van der Waals surface area contributed by atoms with Gasteiger partial charge in [0.15, 0.2) is 0 Å². The van der Waals surface area contributed by atoms with Crippen LogP contribution in [0.15, 0.2) is 95.8 Å². The molecule has 0 radical (unpaired) electrons. The van der Waals surface area contributed by atoms with Gasteiger partial charge in [0.2, 0.25) is 7.29 Å². The summed E-state index contributed by atoms with van der Waals surface area (Å²) in [6, 6.07) is 28.6. The van der Waals surface area contributed by atoms with E-state index in [2.05, 4.69) is 4.76 Å². The first-order valence-electron chi connectivity index (χ1n) is 7.11. The van der Waals surface area contributed by atoms with Crippen molar-refractivity contribution in [2.45, 2.75) is 0 Å². The van der Waals surface area contributed by atoms with Crippen molar-refractivity contribution >= 4 is 24.1 Å². The van der Waals surface area contributed by atoms with Crippen molar-refractivity contribution in [1.82, 2.24) is 0 Å². The highest BCUT2D eigenvalue weighted by atomic mass is 31.2. The van der Waals surface area contributed by atoms with E-state index in [1.54, 1.807) is 6.21 Å². The van der Waals surface area contributed by atoms with Crippen molar-refractivity contribution in [2.75, 3.05) is 0 Å². The first-order chi connectivity index (χ1) is 10.8. The monoisotopic (exact) mass is 305 g/mol. The molecule has 0 aliphatic carbocycles. The second-order valence-corrected chi connectivity index (χ2v) is 7.32. The van der Waals surface area contributed by atoms with E-state index in [4.69, 9.17) is 0 Å². The molecule has 0 heterocycles. The zero-order valence-corrected chi connectivity index (χ0v) is 12.9. The topological polar surface area (TPSA) is 29.4 Å². The first-order valence-corrected chi connectivity index (χ1v) is 8.77. The van der Waals surface area contributed by atoms with E-state index in [0.29, 0.717) is 0 Å². The average Bonchev–Trinajstić information content (AvgIpc) is 2.62. The van der Waals surface area contributed by atoms with Crippen LogP contribution in [0.2, 0.25) is 0 Å². The fourth-order valence-corrected chi connectivity index (χ4v) is 4.24. The molecule has 22 heavy (non-hydrogen) atoms. The van der Waals surface area contributed by atoms with Crippen molar-refractivity contribution < 1.29 is 4.57 Å². The Hall–Kier alpha value is -2.44. The molecule has 0 saturated heterocycles. The summed E-state index contributed by atoms with van der Waals surface area (Å²) in [6.45, 7) is 0. The van der Waals surface area contributed by atoms with Gasteiger partial charge in [0.05, 0.1) is 0 Å². The molecule has 3 heteroatoms. The van der Waals surface area contributed by atoms with Crippen LogP contribution in [0.4, 0.5) is 0 Å². The van der Waals surface area contributed by atoms with Gasteiger partial charge in [-0.15, -0.1) is 0 Å². The van der Waals surface area contributed by atoms with Crippen LogP contribution < -0.4 is 10.6 Å². The van der Waals surface area contributed by atoms with Crippen LogP contribution in [-0.4, -0.2) is 6.21 Å². The highest BCUT2D eigenvalue weighted by molar-refractivity contribution is 7.77. The van der Waals surface area contributed by atoms with Gasteiger partial charge in [-0.25, -0.2) is 4.76 Å². The molecule has 3 aromatic rings. The van der Waals surface area contributed by atoms with Crippen molar-refractivity contribution in [1.29, 1.82) is 0 Å². The van der Waals surface area contributed by atoms with E-state index in [1.165, 1.54) is 0 Å². The summed E-state index contributed by atoms with van der Waals surface area (Å²) in [6.07, 6.45) is 1.70. The molecule has 0 aliphatic heterocycles. The molecule has 0 bridgehead atoms. The van der Waals surface area contributed by atoms with Gasteiger partial charge in [-0.3, -0.25) is 4.57 Å². The quantitative estimate of drug-likeness (QED) is 0.528. The zero-order chi connectivity index (χ0) is 15.3. The molecule has 0 aromatic heterocycles. The van der Waals surface area contributed by atoms with Crippen LogP contribution in [0.1, 0.15) is 5.56 Å². The Labute approximate surface area is 130 Å². The smallest absolute Gasteiger partial charge is 0.247 e. The number of nitrogens with zero attached hydrogens (tertiary/aromatic N) is 1. The minimum absolute atomic E-state index is 0.744. The molecule has 0 spiro atoms. The lowest BCUT2D eigenvalue weighted by atomic mass is 10.2. The molecule has 0 unspecified atom stereocenters. The summed E-state index contributed by atoms with van der Waals surface area (Å²) in [5.74, 6) is 0. The molecule has 2 nitrogen and oxygen atoms in total. The molecule has 3 rings (SSSR count). The second kappa shape index (κ2) is 6.55. The standard InChI is InChI=1S/C19H16NOP/c21-22(18-12-6-2-7-13-18,19-14-8-3-9-15-19)20-16-17-10-4-1-5-11-17/h1-16H. The number of hydrogen-bond donors (Lipinski definition) is 0. The summed E-state index contributed by atoms with van der Waals surface area (Å²) in [7, 11) is -3.02. The van der Waals surface area contributed by atoms with Crippen LogP contribution in [0.3, 0.4) is 0 Å². The molecule has 0 atom stereocenters. The van der Waals surface area contributed by atoms with Gasteiger partial charge in [-0.2, -0.15) is 0 Å². The van der Waals surface area contributed by atoms with Gasteiger partial charge >= 0.3 is 0 Å². The molecule has 3 aromatic carbocycles. The maximum atomic E-state index is 13.6. The van der Waals surface area contributed by atoms with Gasteiger partial charge < -0.3 is 0 Å². The summed E-state index contributed by atoms with van der Waals surface area (Å²) < 4.78 is 18.1. The molecule has 0 fully saturated rings. The van der Waals surface area contributed by atoms with E-state index in [0.717, 1.165) is 16.2 Å². The predicted octanol–water partition coefficient (Wildman–Crippen LogP) is 4.03. The minimum Gasteiger partial charge on any atom is -0.288 e. The first kappa shape index (κ1) is 14.5. The van der Waals surface area contributed by atoms with Gasteiger partial charge in [0.25, 0.3) is 0 Å². The Kier molecular flexibility index (Phi) is 4.32. The lowest BCUT2D eigenvalue weighted by Crippen LogP contribution is -2.14. The average molecular weight is 305 g/mol. The molecule has 0 aliphatic rings. The highest BCUT2D eigenvalue weighted by Gasteiger charge is 2.25. The van der Waals surface area contributed by atoms with Crippen molar-refractivity contribution in [3.63, 3.8) is 0 Å². The number of benzene rings is 3. The second-order valence-electron chi connectivity index (χ2n) is 4.90. The van der Waals surface area contributed by atoms with Gasteiger partial charge in [-0.05, 0) is 29.8 Å². The zero-order valence-electron chi connectivity index (χ0n) is 12.0. The van der Waals surface area contributed by atoms with E-state index in [1.807, 2.05) is 91.0 Å². The van der Waals surface area contributed by atoms with E-state index in [9.17, 15) is 4.57 Å². The van der Waals surface area contributed by atoms with Crippen molar-refractivity contribution in [3.05, 3.63) is 96.6 Å². The largest absolute Gasteiger partial charge is 0.288 e.